The summed E-state index contributed by atoms with van der Waals surface area (Å²) in [5, 5.41) is 12.5. The van der Waals surface area contributed by atoms with Crippen LogP contribution in [0.4, 0.5) is 0 Å². The zero-order valence-corrected chi connectivity index (χ0v) is 33.0. The van der Waals surface area contributed by atoms with Crippen molar-refractivity contribution in [3.63, 3.8) is 0 Å². The molecule has 1 aromatic rings. The van der Waals surface area contributed by atoms with Crippen molar-refractivity contribution in [1.29, 1.82) is 0 Å². The number of benzene rings is 1. The van der Waals surface area contributed by atoms with Crippen LogP contribution in [0.15, 0.2) is 36.1 Å². The molecule has 20 nitrogen and oxygen atoms in total. The van der Waals surface area contributed by atoms with E-state index >= 15 is 0 Å². The highest BCUT2D eigenvalue weighted by Gasteiger charge is 2.71. The Bertz CT molecular complexity index is 1790. The maximum absolute atomic E-state index is 13.4. The molecule has 318 valence electrons. The number of fused-ring (bicyclic) bond motifs is 1. The summed E-state index contributed by atoms with van der Waals surface area (Å²) in [6.07, 6.45) is -11.3. The van der Waals surface area contributed by atoms with Crippen LogP contribution in [0.5, 0.6) is 5.75 Å². The Labute approximate surface area is 332 Å². The van der Waals surface area contributed by atoms with Gasteiger partial charge in [-0.05, 0) is 31.0 Å². The van der Waals surface area contributed by atoms with Crippen molar-refractivity contribution in [3.05, 3.63) is 41.7 Å². The molecule has 58 heavy (non-hydrogen) atoms. The molecule has 2 heterocycles. The van der Waals surface area contributed by atoms with Crippen molar-refractivity contribution in [2.24, 2.45) is 5.92 Å². The first-order chi connectivity index (χ1) is 27.2. The molecule has 10 atom stereocenters. The summed E-state index contributed by atoms with van der Waals surface area (Å²) < 4.78 is 61.2. The molecule has 0 unspecified atom stereocenters. The second-order valence-corrected chi connectivity index (χ2v) is 13.8. The van der Waals surface area contributed by atoms with Gasteiger partial charge in [-0.25, -0.2) is 4.79 Å². The van der Waals surface area contributed by atoms with Gasteiger partial charge in [-0.2, -0.15) is 0 Å². The van der Waals surface area contributed by atoms with Crippen molar-refractivity contribution >= 4 is 47.8 Å². The smallest absolute Gasteiger partial charge is 0.339 e. The number of aliphatic hydroxyl groups is 1. The summed E-state index contributed by atoms with van der Waals surface area (Å²) in [5.74, 6) is -8.11. The van der Waals surface area contributed by atoms with Gasteiger partial charge >= 0.3 is 47.8 Å². The molecule has 0 radical (unpaired) electrons. The Morgan fingerprint density at radius 3 is 1.91 bits per heavy atom. The Balaban J connectivity index is 1.74. The normalized spacial score (nSPS) is 29.8. The van der Waals surface area contributed by atoms with Crippen LogP contribution in [0.2, 0.25) is 0 Å². The number of methoxy groups -OCH3 is 1. The van der Waals surface area contributed by atoms with E-state index in [0.29, 0.717) is 11.3 Å². The lowest BCUT2D eigenvalue weighted by Gasteiger charge is -2.48. The molecule has 1 saturated heterocycles. The van der Waals surface area contributed by atoms with E-state index < -0.39 is 127 Å². The first-order valence-electron chi connectivity index (χ1n) is 18.0. The van der Waals surface area contributed by atoms with Gasteiger partial charge in [-0.1, -0.05) is 12.1 Å². The fourth-order valence-corrected chi connectivity index (χ4v) is 7.20. The molecular weight excluding hydrogens is 776 g/mol. The number of rotatable bonds is 14. The van der Waals surface area contributed by atoms with E-state index in [0.717, 1.165) is 48.0 Å². The van der Waals surface area contributed by atoms with E-state index in [4.69, 9.17) is 52.1 Å². The number of carbonyl (C=O) groups excluding carboxylic acids is 8. The van der Waals surface area contributed by atoms with Gasteiger partial charge in [0.05, 0.1) is 19.3 Å². The minimum Gasteiger partial charge on any atom is -0.471 e. The van der Waals surface area contributed by atoms with Gasteiger partial charge < -0.3 is 57.2 Å². The Morgan fingerprint density at radius 1 is 0.759 bits per heavy atom. The van der Waals surface area contributed by atoms with Crippen LogP contribution in [-0.2, 0) is 92.1 Å². The maximum atomic E-state index is 13.4. The first kappa shape index (κ1) is 45.1. The highest BCUT2D eigenvalue weighted by atomic mass is 16.8. The van der Waals surface area contributed by atoms with Crippen LogP contribution in [0.25, 0.3) is 0 Å². The number of hydrogen-bond acceptors (Lipinski definition) is 20. The molecule has 1 aliphatic carbocycles. The number of carbonyl (C=O) groups is 8. The SMILES string of the molecule is COC(=O)C1=CO[C@@H](O[C@@H]2O[C@H](COC(C)=O)[C@@H](OC(C)=O)[C@H](OC(C)=O)[C@H]2OC(C)=O)[C@@H]2[C@@](C)(OC(C)=O)[C@@H](OC(=O)CCc3ccc(OC(C)=O)cc3)C[C@]12O. The van der Waals surface area contributed by atoms with Crippen LogP contribution in [0.1, 0.15) is 66.9 Å². The van der Waals surface area contributed by atoms with Crippen LogP contribution >= 0.6 is 0 Å². The highest BCUT2D eigenvalue weighted by Crippen LogP contribution is 2.55. The van der Waals surface area contributed by atoms with Crippen molar-refractivity contribution < 1.29 is 95.6 Å². The summed E-state index contributed by atoms with van der Waals surface area (Å²) in [6, 6.07) is 6.37. The molecule has 2 fully saturated rings. The predicted octanol–water partition coefficient (Wildman–Crippen LogP) is 1.04. The van der Waals surface area contributed by atoms with Crippen molar-refractivity contribution in [3.8, 4) is 5.75 Å². The quantitative estimate of drug-likeness (QED) is 0.156. The molecule has 0 bridgehead atoms. The molecule has 3 aliphatic rings. The molecule has 1 aromatic carbocycles. The van der Waals surface area contributed by atoms with E-state index in [1.165, 1.54) is 13.8 Å². The third-order valence-corrected chi connectivity index (χ3v) is 9.39. The fraction of sp³-hybridized carbons (Fsp3) is 0.579. The lowest BCUT2D eigenvalue weighted by molar-refractivity contribution is -0.354. The number of ether oxygens (including phenoxy) is 11. The second kappa shape index (κ2) is 18.8. The van der Waals surface area contributed by atoms with Crippen LogP contribution in [0, 0.1) is 5.92 Å². The molecular formula is C38H46O20. The Kier molecular flexibility index (Phi) is 14.6. The third kappa shape index (κ3) is 10.7. The van der Waals surface area contributed by atoms with Gasteiger partial charge in [-0.15, -0.1) is 0 Å². The molecule has 4 rings (SSSR count). The van der Waals surface area contributed by atoms with Crippen LogP contribution < -0.4 is 4.74 Å². The van der Waals surface area contributed by atoms with Crippen LogP contribution in [0.3, 0.4) is 0 Å². The average molecular weight is 823 g/mol. The molecule has 20 heteroatoms. The maximum Gasteiger partial charge on any atom is 0.339 e. The van der Waals surface area contributed by atoms with Crippen molar-refractivity contribution in [1.82, 2.24) is 0 Å². The third-order valence-electron chi connectivity index (χ3n) is 9.39. The van der Waals surface area contributed by atoms with Gasteiger partial charge in [0.1, 0.15) is 35.7 Å². The van der Waals surface area contributed by atoms with E-state index in [1.54, 1.807) is 24.3 Å². The lowest BCUT2D eigenvalue weighted by Crippen LogP contribution is -2.65. The second-order valence-electron chi connectivity index (χ2n) is 13.8. The topological polar surface area (TPSA) is 258 Å². The van der Waals surface area contributed by atoms with Gasteiger partial charge in [-0.3, -0.25) is 33.6 Å². The largest absolute Gasteiger partial charge is 0.471 e. The number of aryl methyl sites for hydroxylation is 1. The molecule has 0 amide bonds. The van der Waals surface area contributed by atoms with Gasteiger partial charge in [0, 0.05) is 54.4 Å². The van der Waals surface area contributed by atoms with Gasteiger partial charge in [0.2, 0.25) is 12.6 Å². The van der Waals surface area contributed by atoms with E-state index in [9.17, 15) is 43.5 Å². The Hall–Kier alpha value is -5.60. The van der Waals surface area contributed by atoms with Gasteiger partial charge in [0.25, 0.3) is 0 Å². The average Bonchev–Trinajstić information content (AvgIpc) is 3.33. The molecule has 0 aromatic heterocycles. The Morgan fingerprint density at radius 2 is 1.36 bits per heavy atom. The molecule has 1 N–H and O–H groups in total. The van der Waals surface area contributed by atoms with E-state index in [1.807, 2.05) is 0 Å². The minimum absolute atomic E-state index is 0.162. The summed E-state index contributed by atoms with van der Waals surface area (Å²) in [6.45, 7) is 7.20. The summed E-state index contributed by atoms with van der Waals surface area (Å²) >= 11 is 0. The monoisotopic (exact) mass is 822 g/mol. The van der Waals surface area contributed by atoms with E-state index in [-0.39, 0.29) is 12.8 Å². The number of esters is 8. The zero-order valence-electron chi connectivity index (χ0n) is 33.0. The molecule has 2 aliphatic heterocycles. The predicted molar refractivity (Wildman–Crippen MR) is 187 cm³/mol. The standard InChI is InChI=1S/C38H46O20/c1-18(39)49-17-27-30(52-20(3)41)31(53-21(4)42)32(54-22(5)43)35(55-27)57-36-33-37(7,58-23(6)44)28(15-38(33,47)26(16-50-36)34(46)48-8)56-29(45)14-11-24-9-12-25(13-10-24)51-19(2)40/h9-10,12-13,16,27-28,30-33,35-36,47H,11,14-15,17H2,1-8H3/t27-,28+,30-,31+,32-,33-,35+,36+,37+,38+/m1/s1. The van der Waals surface area contributed by atoms with Crippen molar-refractivity contribution in [2.75, 3.05) is 13.7 Å². The van der Waals surface area contributed by atoms with Crippen molar-refractivity contribution in [2.45, 2.75) is 122 Å². The fourth-order valence-electron chi connectivity index (χ4n) is 7.20. The van der Waals surface area contributed by atoms with Gasteiger partial charge in [0.15, 0.2) is 23.9 Å². The highest BCUT2D eigenvalue weighted by molar-refractivity contribution is 5.91. The minimum atomic E-state index is -2.38. The molecule has 1 saturated carbocycles. The lowest BCUT2D eigenvalue weighted by atomic mass is 9.77. The first-order valence-corrected chi connectivity index (χ1v) is 18.0. The number of hydrogen-bond donors (Lipinski definition) is 1. The summed E-state index contributed by atoms with van der Waals surface area (Å²) in [7, 11) is 1.04. The van der Waals surface area contributed by atoms with E-state index in [2.05, 4.69) is 0 Å². The molecule has 0 spiro atoms. The summed E-state index contributed by atoms with van der Waals surface area (Å²) in [4.78, 5) is 99.3. The zero-order chi connectivity index (χ0) is 43.1. The summed E-state index contributed by atoms with van der Waals surface area (Å²) in [5.41, 5.74) is -4.21. The van der Waals surface area contributed by atoms with Crippen LogP contribution in [-0.4, -0.2) is 121 Å².